The quantitative estimate of drug-likeness (QED) is 0.499. The molecule has 134 valence electrons. The van der Waals surface area contributed by atoms with E-state index < -0.39 is 23.1 Å². The molecule has 2 heterocycles. The van der Waals surface area contributed by atoms with E-state index in [4.69, 9.17) is 25.5 Å². The summed E-state index contributed by atoms with van der Waals surface area (Å²) in [6.45, 7) is 0. The number of ether oxygens (including phenoxy) is 2. The van der Waals surface area contributed by atoms with Crippen molar-refractivity contribution >= 4 is 28.5 Å². The highest BCUT2D eigenvalue weighted by molar-refractivity contribution is 6.30. The fourth-order valence-corrected chi connectivity index (χ4v) is 3.54. The van der Waals surface area contributed by atoms with E-state index in [-0.39, 0.29) is 11.3 Å². The first-order chi connectivity index (χ1) is 13.0. The SMILES string of the molecule is COC(=O)C1(C#N)Oc2c(c(=O)oc3ccccc23)C1c1ccc(Cl)cc1. The maximum absolute atomic E-state index is 12.8. The predicted octanol–water partition coefficient (Wildman–Crippen LogP) is 3.41. The van der Waals surface area contributed by atoms with Crippen molar-refractivity contribution in [3.8, 4) is 11.8 Å². The van der Waals surface area contributed by atoms with Crippen LogP contribution in [0.5, 0.6) is 5.75 Å². The van der Waals surface area contributed by atoms with E-state index in [2.05, 4.69) is 0 Å². The largest absolute Gasteiger partial charge is 0.465 e. The van der Waals surface area contributed by atoms with Gasteiger partial charge in [-0.05, 0) is 29.8 Å². The fraction of sp³-hybridized carbons (Fsp3) is 0.150. The zero-order chi connectivity index (χ0) is 19.2. The fourth-order valence-electron chi connectivity index (χ4n) is 3.42. The lowest BCUT2D eigenvalue weighted by molar-refractivity contribution is -0.153. The Bertz CT molecular complexity index is 1160. The molecule has 3 aromatic rings. The molecular formula is C20H12ClNO5. The number of hydrogen-bond acceptors (Lipinski definition) is 6. The number of rotatable bonds is 2. The minimum absolute atomic E-state index is 0.1000. The lowest BCUT2D eigenvalue weighted by Gasteiger charge is -2.24. The van der Waals surface area contributed by atoms with E-state index >= 15 is 0 Å². The molecule has 0 amide bonds. The van der Waals surface area contributed by atoms with Crippen LogP contribution in [0.4, 0.5) is 0 Å². The molecular weight excluding hydrogens is 370 g/mol. The molecule has 0 fully saturated rings. The highest BCUT2D eigenvalue weighted by Crippen LogP contribution is 2.50. The number of carbonyl (C=O) groups excluding carboxylic acids is 1. The van der Waals surface area contributed by atoms with Crippen molar-refractivity contribution in [3.63, 3.8) is 0 Å². The van der Waals surface area contributed by atoms with Gasteiger partial charge in [0, 0.05) is 5.02 Å². The minimum atomic E-state index is -2.05. The molecule has 2 aromatic carbocycles. The molecule has 7 heteroatoms. The summed E-state index contributed by atoms with van der Waals surface area (Å²) in [6.07, 6.45) is 0. The molecule has 6 nitrogen and oxygen atoms in total. The van der Waals surface area contributed by atoms with Crippen molar-refractivity contribution < 1.29 is 18.7 Å². The van der Waals surface area contributed by atoms with Gasteiger partial charge in [-0.2, -0.15) is 5.26 Å². The number of carbonyl (C=O) groups is 1. The van der Waals surface area contributed by atoms with Crippen molar-refractivity contribution in [2.24, 2.45) is 0 Å². The molecule has 27 heavy (non-hydrogen) atoms. The Hall–Kier alpha value is -3.30. The highest BCUT2D eigenvalue weighted by Gasteiger charge is 2.59. The number of hydrogen-bond donors (Lipinski definition) is 0. The van der Waals surface area contributed by atoms with Crippen LogP contribution in [0.1, 0.15) is 17.0 Å². The van der Waals surface area contributed by atoms with Gasteiger partial charge in [-0.1, -0.05) is 35.9 Å². The Morgan fingerprint density at radius 1 is 1.22 bits per heavy atom. The number of esters is 1. The summed E-state index contributed by atoms with van der Waals surface area (Å²) in [5, 5.41) is 10.9. The Morgan fingerprint density at radius 3 is 2.59 bits per heavy atom. The normalized spacial score (nSPS) is 20.6. The Labute approximate surface area is 158 Å². The number of para-hydroxylation sites is 1. The highest BCUT2D eigenvalue weighted by atomic mass is 35.5. The maximum atomic E-state index is 12.8. The van der Waals surface area contributed by atoms with E-state index in [0.29, 0.717) is 21.6 Å². The lowest BCUT2D eigenvalue weighted by Crippen LogP contribution is -2.46. The number of halogens is 1. The van der Waals surface area contributed by atoms with Crippen LogP contribution >= 0.6 is 11.6 Å². The molecule has 0 N–H and O–H groups in total. The number of methoxy groups -OCH3 is 1. The second-order valence-electron chi connectivity index (χ2n) is 6.05. The molecule has 0 saturated carbocycles. The minimum Gasteiger partial charge on any atom is -0.465 e. The Kier molecular flexibility index (Phi) is 3.90. The average Bonchev–Trinajstić information content (AvgIpc) is 3.05. The van der Waals surface area contributed by atoms with Crippen molar-refractivity contribution in [2.45, 2.75) is 11.5 Å². The molecule has 0 bridgehead atoms. The third-order valence-corrected chi connectivity index (χ3v) is 4.87. The van der Waals surface area contributed by atoms with E-state index in [0.717, 1.165) is 7.11 Å². The zero-order valence-corrected chi connectivity index (χ0v) is 14.8. The summed E-state index contributed by atoms with van der Waals surface area (Å²) in [5.74, 6) is -1.78. The molecule has 0 radical (unpaired) electrons. The first-order valence-corrected chi connectivity index (χ1v) is 8.39. The van der Waals surface area contributed by atoms with Crippen LogP contribution < -0.4 is 10.4 Å². The number of fused-ring (bicyclic) bond motifs is 3. The standard InChI is InChI=1S/C20H12ClNO5/c1-25-19(24)20(10-22)16(11-6-8-12(21)9-7-11)15-17(27-20)13-4-2-3-5-14(13)26-18(15)23/h2-9,16H,1H3. The summed E-state index contributed by atoms with van der Waals surface area (Å²) < 4.78 is 16.1. The smallest absolute Gasteiger partial charge is 0.366 e. The van der Waals surface area contributed by atoms with Crippen LogP contribution in [0.15, 0.2) is 57.7 Å². The predicted molar refractivity (Wildman–Crippen MR) is 96.8 cm³/mol. The van der Waals surface area contributed by atoms with Crippen molar-refractivity contribution in [2.75, 3.05) is 7.11 Å². The molecule has 0 saturated heterocycles. The van der Waals surface area contributed by atoms with E-state index in [1.165, 1.54) is 0 Å². The van der Waals surface area contributed by atoms with Crippen LogP contribution in [0.25, 0.3) is 11.0 Å². The summed E-state index contributed by atoms with van der Waals surface area (Å²) in [7, 11) is 1.16. The Balaban J connectivity index is 2.08. The molecule has 1 aliphatic heterocycles. The maximum Gasteiger partial charge on any atom is 0.366 e. The van der Waals surface area contributed by atoms with Gasteiger partial charge in [0.05, 0.1) is 24.0 Å². The molecule has 0 spiro atoms. The van der Waals surface area contributed by atoms with Crippen LogP contribution in [0.2, 0.25) is 5.02 Å². The van der Waals surface area contributed by atoms with Gasteiger partial charge in [0.1, 0.15) is 17.4 Å². The monoisotopic (exact) mass is 381 g/mol. The van der Waals surface area contributed by atoms with Crippen molar-refractivity contribution in [1.82, 2.24) is 0 Å². The topological polar surface area (TPSA) is 89.5 Å². The molecule has 4 rings (SSSR count). The number of nitrogens with zero attached hydrogens (tertiary/aromatic N) is 1. The van der Waals surface area contributed by atoms with Gasteiger partial charge in [0.2, 0.25) is 0 Å². The van der Waals surface area contributed by atoms with Crippen molar-refractivity contribution in [1.29, 1.82) is 5.26 Å². The van der Waals surface area contributed by atoms with E-state index in [1.807, 2.05) is 6.07 Å². The van der Waals surface area contributed by atoms with Gasteiger partial charge in [-0.25, -0.2) is 9.59 Å². The van der Waals surface area contributed by atoms with Gasteiger partial charge in [-0.15, -0.1) is 0 Å². The van der Waals surface area contributed by atoms with Crippen molar-refractivity contribution in [3.05, 3.63) is 75.1 Å². The molecule has 2 atom stereocenters. The van der Waals surface area contributed by atoms with Gasteiger partial charge < -0.3 is 13.9 Å². The van der Waals surface area contributed by atoms with Gasteiger partial charge in [0.25, 0.3) is 0 Å². The molecule has 2 unspecified atom stereocenters. The van der Waals surface area contributed by atoms with Gasteiger partial charge in [-0.3, -0.25) is 0 Å². The molecule has 0 aliphatic carbocycles. The first kappa shape index (κ1) is 17.1. The van der Waals surface area contributed by atoms with Crippen LogP contribution in [-0.4, -0.2) is 18.7 Å². The van der Waals surface area contributed by atoms with Crippen LogP contribution in [-0.2, 0) is 9.53 Å². The summed E-state index contributed by atoms with van der Waals surface area (Å²) in [6, 6.07) is 15.2. The summed E-state index contributed by atoms with van der Waals surface area (Å²) in [4.78, 5) is 25.4. The second kappa shape index (κ2) is 6.15. The molecule has 1 aromatic heterocycles. The summed E-state index contributed by atoms with van der Waals surface area (Å²) in [5.41, 5.74) is -1.82. The number of nitriles is 1. The van der Waals surface area contributed by atoms with Crippen LogP contribution in [0.3, 0.4) is 0 Å². The zero-order valence-electron chi connectivity index (χ0n) is 14.1. The van der Waals surface area contributed by atoms with Gasteiger partial charge >= 0.3 is 17.2 Å². The molecule has 1 aliphatic rings. The van der Waals surface area contributed by atoms with E-state index in [9.17, 15) is 14.9 Å². The third-order valence-electron chi connectivity index (χ3n) is 4.62. The van der Waals surface area contributed by atoms with E-state index in [1.54, 1.807) is 48.5 Å². The third kappa shape index (κ3) is 2.40. The first-order valence-electron chi connectivity index (χ1n) is 8.01. The second-order valence-corrected chi connectivity index (χ2v) is 6.49. The lowest BCUT2D eigenvalue weighted by atomic mass is 9.80. The Morgan fingerprint density at radius 2 is 1.93 bits per heavy atom. The average molecular weight is 382 g/mol. The summed E-state index contributed by atoms with van der Waals surface area (Å²) >= 11 is 5.95. The van der Waals surface area contributed by atoms with Gasteiger partial charge in [0.15, 0.2) is 0 Å². The number of benzene rings is 2. The van der Waals surface area contributed by atoms with Crippen LogP contribution in [0, 0.1) is 11.3 Å².